The second kappa shape index (κ2) is 8.13. The fourth-order valence-electron chi connectivity index (χ4n) is 2.17. The second-order valence-electron chi connectivity index (χ2n) is 5.51. The van der Waals surface area contributed by atoms with Crippen LogP contribution < -0.4 is 5.32 Å². The van der Waals surface area contributed by atoms with Crippen molar-refractivity contribution in [2.24, 2.45) is 0 Å². The standard InChI is InChI=1S/C19H21NO3/c1-14-8-9-15(2)17(12-14)20-18(21)13-23-19(22)11-10-16-6-4-3-5-7-16/h3-9,12H,10-11,13H2,1-2H3,(H,20,21). The van der Waals surface area contributed by atoms with E-state index in [2.05, 4.69) is 5.32 Å². The quantitative estimate of drug-likeness (QED) is 0.832. The molecule has 0 aliphatic heterocycles. The molecule has 0 aromatic heterocycles. The summed E-state index contributed by atoms with van der Waals surface area (Å²) in [6.07, 6.45) is 0.874. The lowest BCUT2D eigenvalue weighted by molar-refractivity contribution is -0.147. The molecular formula is C19H21NO3. The number of esters is 1. The number of amides is 1. The molecule has 0 unspecified atom stereocenters. The van der Waals surface area contributed by atoms with E-state index in [-0.39, 0.29) is 24.9 Å². The van der Waals surface area contributed by atoms with Crippen LogP contribution in [0.3, 0.4) is 0 Å². The zero-order valence-electron chi connectivity index (χ0n) is 13.5. The van der Waals surface area contributed by atoms with Gasteiger partial charge in [-0.05, 0) is 43.0 Å². The van der Waals surface area contributed by atoms with Gasteiger partial charge in [-0.25, -0.2) is 0 Å². The summed E-state index contributed by atoms with van der Waals surface area (Å²) in [5.41, 5.74) is 3.85. The van der Waals surface area contributed by atoms with Crippen LogP contribution in [0.15, 0.2) is 48.5 Å². The van der Waals surface area contributed by atoms with E-state index in [4.69, 9.17) is 4.74 Å². The summed E-state index contributed by atoms with van der Waals surface area (Å²) in [5, 5.41) is 2.76. The molecule has 23 heavy (non-hydrogen) atoms. The van der Waals surface area contributed by atoms with Crippen molar-refractivity contribution < 1.29 is 14.3 Å². The first-order chi connectivity index (χ1) is 11.0. The van der Waals surface area contributed by atoms with Crippen LogP contribution in [0, 0.1) is 13.8 Å². The van der Waals surface area contributed by atoms with Crippen molar-refractivity contribution in [3.63, 3.8) is 0 Å². The lowest BCUT2D eigenvalue weighted by Gasteiger charge is -2.10. The third-order valence-corrected chi connectivity index (χ3v) is 3.49. The number of aryl methyl sites for hydroxylation is 3. The molecule has 0 aliphatic rings. The van der Waals surface area contributed by atoms with E-state index in [1.807, 2.05) is 62.4 Å². The number of anilines is 1. The van der Waals surface area contributed by atoms with Crippen LogP contribution in [0.5, 0.6) is 0 Å². The van der Waals surface area contributed by atoms with Crippen LogP contribution in [0.1, 0.15) is 23.1 Å². The van der Waals surface area contributed by atoms with Crippen LogP contribution in [-0.2, 0) is 20.7 Å². The van der Waals surface area contributed by atoms with Crippen molar-refractivity contribution in [1.29, 1.82) is 0 Å². The highest BCUT2D eigenvalue weighted by atomic mass is 16.5. The van der Waals surface area contributed by atoms with Crippen molar-refractivity contribution in [2.45, 2.75) is 26.7 Å². The molecule has 2 rings (SSSR count). The molecule has 2 aromatic rings. The Morgan fingerprint density at radius 2 is 1.78 bits per heavy atom. The molecule has 0 heterocycles. The third kappa shape index (κ3) is 5.58. The zero-order chi connectivity index (χ0) is 16.7. The van der Waals surface area contributed by atoms with Crippen LogP contribution in [0.25, 0.3) is 0 Å². The van der Waals surface area contributed by atoms with E-state index in [1.54, 1.807) is 0 Å². The zero-order valence-corrected chi connectivity index (χ0v) is 13.5. The monoisotopic (exact) mass is 311 g/mol. The van der Waals surface area contributed by atoms with E-state index in [0.29, 0.717) is 6.42 Å². The number of nitrogens with one attached hydrogen (secondary N) is 1. The predicted molar refractivity (Wildman–Crippen MR) is 90.3 cm³/mol. The fourth-order valence-corrected chi connectivity index (χ4v) is 2.17. The molecule has 4 nitrogen and oxygen atoms in total. The minimum Gasteiger partial charge on any atom is -0.456 e. The number of ether oxygens (including phenoxy) is 1. The Hall–Kier alpha value is -2.62. The van der Waals surface area contributed by atoms with Crippen LogP contribution in [0.2, 0.25) is 0 Å². The van der Waals surface area contributed by atoms with E-state index in [1.165, 1.54) is 0 Å². The maximum absolute atomic E-state index is 11.9. The Morgan fingerprint density at radius 1 is 1.04 bits per heavy atom. The van der Waals surface area contributed by atoms with E-state index >= 15 is 0 Å². The lowest BCUT2D eigenvalue weighted by atomic mass is 10.1. The Kier molecular flexibility index (Phi) is 5.92. The summed E-state index contributed by atoms with van der Waals surface area (Å²) in [7, 11) is 0. The Morgan fingerprint density at radius 3 is 2.52 bits per heavy atom. The molecule has 0 radical (unpaired) electrons. The smallest absolute Gasteiger partial charge is 0.306 e. The Labute approximate surface area is 136 Å². The number of hydrogen-bond donors (Lipinski definition) is 1. The van der Waals surface area contributed by atoms with Crippen molar-refractivity contribution in [3.8, 4) is 0 Å². The minimum absolute atomic E-state index is 0.263. The highest BCUT2D eigenvalue weighted by Gasteiger charge is 2.09. The van der Waals surface area contributed by atoms with E-state index in [0.717, 1.165) is 22.4 Å². The summed E-state index contributed by atoms with van der Waals surface area (Å²) >= 11 is 0. The van der Waals surface area contributed by atoms with Gasteiger partial charge in [0.25, 0.3) is 5.91 Å². The van der Waals surface area contributed by atoms with Crippen LogP contribution in [0.4, 0.5) is 5.69 Å². The largest absolute Gasteiger partial charge is 0.456 e. The molecule has 0 bridgehead atoms. The molecule has 1 amide bonds. The predicted octanol–water partition coefficient (Wildman–Crippen LogP) is 3.42. The van der Waals surface area contributed by atoms with Gasteiger partial charge in [0.05, 0.1) is 0 Å². The molecule has 0 saturated heterocycles. The van der Waals surface area contributed by atoms with Gasteiger partial charge in [-0.3, -0.25) is 9.59 Å². The number of rotatable bonds is 6. The average molecular weight is 311 g/mol. The molecule has 0 spiro atoms. The van der Waals surface area contributed by atoms with Gasteiger partial charge < -0.3 is 10.1 Å². The maximum atomic E-state index is 11.9. The normalized spacial score (nSPS) is 10.2. The van der Waals surface area contributed by atoms with Crippen molar-refractivity contribution >= 4 is 17.6 Å². The van der Waals surface area contributed by atoms with Gasteiger partial charge >= 0.3 is 5.97 Å². The summed E-state index contributed by atoms with van der Waals surface area (Å²) < 4.78 is 5.02. The number of carbonyl (C=O) groups is 2. The molecule has 0 atom stereocenters. The summed E-state index contributed by atoms with van der Waals surface area (Å²) in [5.74, 6) is -0.697. The van der Waals surface area contributed by atoms with Crippen molar-refractivity contribution in [2.75, 3.05) is 11.9 Å². The highest BCUT2D eigenvalue weighted by Crippen LogP contribution is 2.16. The molecule has 0 fully saturated rings. The number of benzene rings is 2. The molecule has 0 saturated carbocycles. The average Bonchev–Trinajstić information content (AvgIpc) is 2.55. The van der Waals surface area contributed by atoms with Crippen LogP contribution >= 0.6 is 0 Å². The third-order valence-electron chi connectivity index (χ3n) is 3.49. The first-order valence-electron chi connectivity index (χ1n) is 7.61. The maximum Gasteiger partial charge on any atom is 0.306 e. The van der Waals surface area contributed by atoms with Crippen LogP contribution in [-0.4, -0.2) is 18.5 Å². The summed E-state index contributed by atoms with van der Waals surface area (Å²) in [6, 6.07) is 15.5. The van der Waals surface area contributed by atoms with Gasteiger partial charge in [0.15, 0.2) is 6.61 Å². The van der Waals surface area contributed by atoms with Gasteiger partial charge in [0, 0.05) is 12.1 Å². The summed E-state index contributed by atoms with van der Waals surface area (Å²) in [4.78, 5) is 23.6. The Balaban J connectivity index is 1.75. The van der Waals surface area contributed by atoms with Crippen molar-refractivity contribution in [1.82, 2.24) is 0 Å². The van der Waals surface area contributed by atoms with Gasteiger partial charge in [0.2, 0.25) is 0 Å². The van der Waals surface area contributed by atoms with Gasteiger partial charge in [-0.15, -0.1) is 0 Å². The number of carbonyl (C=O) groups excluding carboxylic acids is 2. The first-order valence-corrected chi connectivity index (χ1v) is 7.61. The minimum atomic E-state index is -0.370. The van der Waals surface area contributed by atoms with Gasteiger partial charge in [-0.1, -0.05) is 42.5 Å². The van der Waals surface area contributed by atoms with Crippen molar-refractivity contribution in [3.05, 3.63) is 65.2 Å². The molecular weight excluding hydrogens is 290 g/mol. The molecule has 2 aromatic carbocycles. The molecule has 120 valence electrons. The number of hydrogen-bond acceptors (Lipinski definition) is 3. The highest BCUT2D eigenvalue weighted by molar-refractivity contribution is 5.93. The van der Waals surface area contributed by atoms with E-state index in [9.17, 15) is 9.59 Å². The van der Waals surface area contributed by atoms with E-state index < -0.39 is 0 Å². The molecule has 4 heteroatoms. The van der Waals surface area contributed by atoms with Gasteiger partial charge in [-0.2, -0.15) is 0 Å². The Bertz CT molecular complexity index is 680. The molecule has 1 N–H and O–H groups in total. The molecule has 0 aliphatic carbocycles. The lowest BCUT2D eigenvalue weighted by Crippen LogP contribution is -2.21. The SMILES string of the molecule is Cc1ccc(C)c(NC(=O)COC(=O)CCc2ccccc2)c1. The fraction of sp³-hybridized carbons (Fsp3) is 0.263. The summed E-state index contributed by atoms with van der Waals surface area (Å²) in [6.45, 7) is 3.61. The van der Waals surface area contributed by atoms with Gasteiger partial charge in [0.1, 0.15) is 0 Å². The topological polar surface area (TPSA) is 55.4 Å². The first kappa shape index (κ1) is 16.7. The second-order valence-corrected chi connectivity index (χ2v) is 5.51.